The van der Waals surface area contributed by atoms with Gasteiger partial charge in [0.1, 0.15) is 6.21 Å². The maximum Gasteiger partial charge on any atom is 0.270 e. The van der Waals surface area contributed by atoms with Crippen molar-refractivity contribution in [2.75, 3.05) is 14.1 Å². The summed E-state index contributed by atoms with van der Waals surface area (Å²) in [6.07, 6.45) is 2.82. The Morgan fingerprint density at radius 1 is 1.70 bits per heavy atom. The molecular weight excluding hydrogens is 132 g/mol. The van der Waals surface area contributed by atoms with E-state index in [0.717, 1.165) is 0 Å². The van der Waals surface area contributed by atoms with E-state index < -0.39 is 0 Å². The highest BCUT2D eigenvalue weighted by atomic mass is 16.5. The van der Waals surface area contributed by atoms with Gasteiger partial charge in [0.25, 0.3) is 5.89 Å². The second-order valence-electron chi connectivity index (χ2n) is 1.87. The van der Waals surface area contributed by atoms with Crippen LogP contribution in [-0.2, 0) is 0 Å². The number of hydrogen-bond donors (Lipinski definition) is 0. The predicted molar refractivity (Wildman–Crippen MR) is 35.6 cm³/mol. The molecule has 0 bridgehead atoms. The highest BCUT2D eigenvalue weighted by Crippen LogP contribution is 1.84. The minimum absolute atomic E-state index is 0.411. The van der Waals surface area contributed by atoms with Crippen molar-refractivity contribution >= 4 is 6.21 Å². The molecule has 0 fully saturated rings. The van der Waals surface area contributed by atoms with Crippen molar-refractivity contribution in [3.05, 3.63) is 12.2 Å². The molecule has 0 unspecified atom stereocenters. The predicted octanol–water partition coefficient (Wildman–Crippen LogP) is -0.0349. The summed E-state index contributed by atoms with van der Waals surface area (Å²) in [5, 5.41) is 8.93. The zero-order valence-electron chi connectivity index (χ0n) is 5.85. The average molecular weight is 140 g/mol. The van der Waals surface area contributed by atoms with Crippen molar-refractivity contribution in [2.24, 2.45) is 5.10 Å². The van der Waals surface area contributed by atoms with Gasteiger partial charge >= 0.3 is 0 Å². The summed E-state index contributed by atoms with van der Waals surface area (Å²) in [5.74, 6) is 0.411. The van der Waals surface area contributed by atoms with Gasteiger partial charge in [-0.15, -0.1) is 0 Å². The Morgan fingerprint density at radius 2 is 2.50 bits per heavy atom. The molecule has 1 aromatic heterocycles. The molecule has 0 aliphatic heterocycles. The van der Waals surface area contributed by atoms with Crippen LogP contribution in [0.4, 0.5) is 0 Å². The lowest BCUT2D eigenvalue weighted by atomic mass is 10.7. The Hall–Kier alpha value is -1.39. The molecule has 54 valence electrons. The third-order valence-electron chi connectivity index (χ3n) is 0.777. The fourth-order valence-corrected chi connectivity index (χ4v) is 0.403. The second kappa shape index (κ2) is 2.95. The molecule has 0 saturated carbocycles. The molecule has 0 spiro atoms. The van der Waals surface area contributed by atoms with Crippen molar-refractivity contribution < 1.29 is 4.52 Å². The molecule has 0 aliphatic carbocycles. The minimum Gasteiger partial charge on any atom is -0.333 e. The maximum absolute atomic E-state index is 4.65. The number of rotatable bonds is 2. The number of nitrogens with zero attached hydrogens (tertiary/aromatic N) is 4. The molecule has 0 N–H and O–H groups in total. The van der Waals surface area contributed by atoms with Crippen LogP contribution in [0, 0.1) is 0 Å². The van der Waals surface area contributed by atoms with Gasteiger partial charge in [0.2, 0.25) is 0 Å². The van der Waals surface area contributed by atoms with Gasteiger partial charge in [-0.25, -0.2) is 0 Å². The molecule has 0 saturated heterocycles. The van der Waals surface area contributed by atoms with E-state index in [2.05, 4.69) is 19.8 Å². The number of hydrazone groups is 1. The average Bonchev–Trinajstić information content (AvgIpc) is 2.34. The smallest absolute Gasteiger partial charge is 0.270 e. The van der Waals surface area contributed by atoms with Crippen LogP contribution in [-0.4, -0.2) is 35.5 Å². The molecule has 0 aliphatic rings. The first-order valence-corrected chi connectivity index (χ1v) is 2.77. The normalized spacial score (nSPS) is 10.6. The summed E-state index contributed by atoms with van der Waals surface area (Å²) in [4.78, 5) is 3.73. The van der Waals surface area contributed by atoms with Crippen LogP contribution in [0.15, 0.2) is 16.0 Å². The minimum atomic E-state index is 0.411. The fraction of sp³-hybridized carbons (Fsp3) is 0.400. The lowest BCUT2D eigenvalue weighted by Crippen LogP contribution is -2.01. The Bertz CT molecular complexity index is 203. The van der Waals surface area contributed by atoms with Gasteiger partial charge in [0, 0.05) is 14.1 Å². The highest BCUT2D eigenvalue weighted by Gasteiger charge is 1.90. The molecule has 0 atom stereocenters. The summed E-state index contributed by atoms with van der Waals surface area (Å²) in [6.45, 7) is 0. The van der Waals surface area contributed by atoms with Crippen molar-refractivity contribution in [1.29, 1.82) is 0 Å². The van der Waals surface area contributed by atoms with Gasteiger partial charge in [0.05, 0.1) is 0 Å². The van der Waals surface area contributed by atoms with E-state index in [-0.39, 0.29) is 0 Å². The van der Waals surface area contributed by atoms with Crippen LogP contribution in [0.1, 0.15) is 5.89 Å². The van der Waals surface area contributed by atoms with E-state index in [9.17, 15) is 0 Å². The van der Waals surface area contributed by atoms with Gasteiger partial charge in [0.15, 0.2) is 6.33 Å². The summed E-state index contributed by atoms with van der Waals surface area (Å²) < 4.78 is 4.65. The van der Waals surface area contributed by atoms with Crippen LogP contribution >= 0.6 is 0 Å². The van der Waals surface area contributed by atoms with Crippen molar-refractivity contribution in [1.82, 2.24) is 15.1 Å². The summed E-state index contributed by atoms with van der Waals surface area (Å²) in [5.41, 5.74) is 0. The topological polar surface area (TPSA) is 54.5 Å². The maximum atomic E-state index is 4.65. The molecule has 1 aromatic rings. The molecule has 1 heterocycles. The fourth-order valence-electron chi connectivity index (χ4n) is 0.403. The van der Waals surface area contributed by atoms with E-state index >= 15 is 0 Å². The van der Waals surface area contributed by atoms with Crippen LogP contribution in [0.5, 0.6) is 0 Å². The van der Waals surface area contributed by atoms with Gasteiger partial charge in [-0.1, -0.05) is 5.16 Å². The first-order chi connectivity index (χ1) is 4.79. The van der Waals surface area contributed by atoms with Gasteiger partial charge in [-0.3, -0.25) is 0 Å². The van der Waals surface area contributed by atoms with E-state index in [1.807, 2.05) is 14.1 Å². The first-order valence-electron chi connectivity index (χ1n) is 2.77. The van der Waals surface area contributed by atoms with Crippen LogP contribution in [0.2, 0.25) is 0 Å². The zero-order valence-corrected chi connectivity index (χ0v) is 5.85. The van der Waals surface area contributed by atoms with Crippen LogP contribution in [0.3, 0.4) is 0 Å². The quantitative estimate of drug-likeness (QED) is 0.427. The molecule has 0 radical (unpaired) electrons. The Labute approximate surface area is 58.3 Å². The van der Waals surface area contributed by atoms with E-state index in [4.69, 9.17) is 0 Å². The van der Waals surface area contributed by atoms with Crippen LogP contribution in [0.25, 0.3) is 0 Å². The van der Waals surface area contributed by atoms with E-state index in [0.29, 0.717) is 5.89 Å². The highest BCUT2D eigenvalue weighted by molar-refractivity contribution is 5.72. The third kappa shape index (κ3) is 1.85. The van der Waals surface area contributed by atoms with E-state index in [1.165, 1.54) is 12.5 Å². The zero-order chi connectivity index (χ0) is 7.40. The second-order valence-corrected chi connectivity index (χ2v) is 1.87. The van der Waals surface area contributed by atoms with Gasteiger partial charge in [-0.2, -0.15) is 10.1 Å². The standard InChI is InChI=1S/C5H8N4O/c1-9(2)7-3-5-6-4-8-10-5/h3-4H,1-2H3. The molecule has 1 rings (SSSR count). The molecule has 10 heavy (non-hydrogen) atoms. The molecular formula is C5H8N4O. The Kier molecular flexibility index (Phi) is 1.99. The number of aromatic nitrogens is 2. The molecule has 0 aromatic carbocycles. The Balaban J connectivity index is 2.55. The first kappa shape index (κ1) is 6.73. The lowest BCUT2D eigenvalue weighted by molar-refractivity contribution is 0.404. The van der Waals surface area contributed by atoms with Crippen molar-refractivity contribution in [2.45, 2.75) is 0 Å². The SMILES string of the molecule is CN(C)N=Cc1ncno1. The summed E-state index contributed by atoms with van der Waals surface area (Å²) >= 11 is 0. The van der Waals surface area contributed by atoms with Gasteiger partial charge < -0.3 is 9.53 Å². The summed E-state index contributed by atoms with van der Waals surface area (Å²) in [7, 11) is 3.62. The monoisotopic (exact) mass is 140 g/mol. The van der Waals surface area contributed by atoms with Crippen molar-refractivity contribution in [3.8, 4) is 0 Å². The van der Waals surface area contributed by atoms with Crippen LogP contribution < -0.4 is 0 Å². The van der Waals surface area contributed by atoms with Crippen molar-refractivity contribution in [3.63, 3.8) is 0 Å². The third-order valence-corrected chi connectivity index (χ3v) is 0.777. The molecule has 5 nitrogen and oxygen atoms in total. The van der Waals surface area contributed by atoms with Gasteiger partial charge in [-0.05, 0) is 0 Å². The summed E-state index contributed by atoms with van der Waals surface area (Å²) in [6, 6.07) is 0. The van der Waals surface area contributed by atoms with E-state index in [1.54, 1.807) is 5.01 Å². The lowest BCUT2D eigenvalue weighted by Gasteiger charge is -1.99. The largest absolute Gasteiger partial charge is 0.333 e. The number of hydrogen-bond acceptors (Lipinski definition) is 5. The molecule has 5 heteroatoms. The molecule has 0 amide bonds. The Morgan fingerprint density at radius 3 is 3.00 bits per heavy atom.